The van der Waals surface area contributed by atoms with Gasteiger partial charge in [0.25, 0.3) is 6.01 Å². The summed E-state index contributed by atoms with van der Waals surface area (Å²) in [6.45, 7) is 18.6. The van der Waals surface area contributed by atoms with Crippen molar-refractivity contribution >= 4 is 81.4 Å². The first kappa shape index (κ1) is 69.2. The lowest BCUT2D eigenvalue weighted by Gasteiger charge is -2.30. The summed E-state index contributed by atoms with van der Waals surface area (Å²) in [5.41, 5.74) is -0.572. The third-order valence-corrected chi connectivity index (χ3v) is 17.3. The molecule has 24 nitrogen and oxygen atoms in total. The number of carbonyl (C=O) groups excluding carboxylic acids is 6. The maximum Gasteiger partial charge on any atom is 0.408 e. The highest BCUT2D eigenvalue weighted by Gasteiger charge is 2.63. The number of allylic oxidation sites excluding steroid dienone is 2. The number of carboxylic acid groups (broad SMARTS) is 2. The van der Waals surface area contributed by atoms with E-state index in [9.17, 15) is 53.7 Å². The fraction of sp³-hybridized carbons (Fsp3) is 0.606. The summed E-state index contributed by atoms with van der Waals surface area (Å²) in [6.07, 6.45) is 12.3. The molecule has 496 valence electrons. The zero-order valence-corrected chi connectivity index (χ0v) is 54.7. The Morgan fingerprint density at radius 3 is 1.53 bits per heavy atom. The second-order valence-electron chi connectivity index (χ2n) is 27.2. The Morgan fingerprint density at radius 1 is 0.626 bits per heavy atom. The van der Waals surface area contributed by atoms with Gasteiger partial charge in [0, 0.05) is 43.3 Å². The zero-order chi connectivity index (χ0) is 66.3. The quantitative estimate of drug-likeness (QED) is 0.0810. The van der Waals surface area contributed by atoms with Gasteiger partial charge < -0.3 is 65.2 Å². The van der Waals surface area contributed by atoms with Crippen LogP contribution in [0.25, 0.3) is 22.1 Å². The van der Waals surface area contributed by atoms with Crippen molar-refractivity contribution in [1.29, 1.82) is 0 Å². The summed E-state index contributed by atoms with van der Waals surface area (Å²) >= 11 is 6.01. The molecule has 4 aliphatic heterocycles. The van der Waals surface area contributed by atoms with Crippen LogP contribution in [0.3, 0.4) is 0 Å². The molecule has 0 unspecified atom stereocenters. The molecule has 2 saturated carbocycles. The minimum absolute atomic E-state index is 0.00688. The van der Waals surface area contributed by atoms with E-state index in [1.807, 2.05) is 95.8 Å². The van der Waals surface area contributed by atoms with Gasteiger partial charge in [0.05, 0.1) is 34.7 Å². The minimum Gasteiger partial charge on any atom is -0.479 e. The normalized spacial score (nSPS) is 28.0. The summed E-state index contributed by atoms with van der Waals surface area (Å²) in [7, 11) is 0. The molecule has 2 aromatic carbocycles. The highest BCUT2D eigenvalue weighted by molar-refractivity contribution is 6.29. The third kappa shape index (κ3) is 17.1. The molecule has 2 saturated heterocycles. The molecule has 25 heteroatoms. The molecule has 10 rings (SSSR count). The van der Waals surface area contributed by atoms with Crippen LogP contribution < -0.4 is 26.0 Å². The number of benzene rings is 2. The number of carboxylic acids is 2. The highest BCUT2D eigenvalue weighted by Crippen LogP contribution is 2.47. The van der Waals surface area contributed by atoms with Crippen LogP contribution in [0, 0.1) is 11.8 Å². The summed E-state index contributed by atoms with van der Waals surface area (Å²) in [6, 6.07) is 12.6. The number of aromatic nitrogens is 4. The monoisotopic (exact) mass is 1280 g/mol. The molecule has 7 N–H and O–H groups in total. The SMILES string of the molecule is CC(C)(C)OC(=O)N[C@H]1CCCCC/C=C\[C@@H]2C[C@@]2(C(=O)O)NC(=O)[C@@H]2C[C@@H](O)CN2C1=O.CC(C)n1c(Cl)nc2ccccc21.CC(C)n1c(O[C@@H]2C[C@H]3C(=O)N[C@]4(C(=O)O)C[C@H]4/C=C\CCCCC[C@H](NC(=O)OC(C)(C)C)C(=O)N3C2)nc2ccccc21. The van der Waals surface area contributed by atoms with E-state index in [4.69, 9.17) is 30.8 Å². The number of halogens is 1. The van der Waals surface area contributed by atoms with E-state index in [2.05, 4.69) is 40.1 Å². The number of imidazole rings is 2. The standard InChI is InChI=1S/C33H45N5O7.C23H35N3O7.C10H11ClN2/c1-20(2)38-25-16-12-11-14-23(25)34-30(38)44-22-17-26-27(39)36-33(29(41)42)18-21(33)13-9-7-6-8-10-15-24(28(40)37(26)19-22)35-31(43)45-32(3,4)5;1-22(2,3)33-21(32)24-16-10-8-6-4-5-7-9-14-12-23(14,20(30)31)25-18(28)17-11-15(27)13-26(17)19(16)29;1-7(2)13-9-6-4-3-5-8(9)12-10(13)11/h9,11-14,16,20-22,24,26H,6-8,10,15,17-19H2,1-5H3,(H,35,43)(H,36,39)(H,41,42);7,9,14-17,27H,4-6,8,10-13H2,1-3H3,(H,24,32)(H,25,28)(H,30,31);3-7H,1-2H3/b13-9-;9-7-;/t21-,22-,24+,26+,33-;14-,15-,16+,17+,23-;/m11./s1. The number of carbonyl (C=O) groups is 8. The van der Waals surface area contributed by atoms with Gasteiger partial charge >= 0.3 is 24.1 Å². The molecular weight excluding hydrogens is 1190 g/mol. The predicted octanol–water partition coefficient (Wildman–Crippen LogP) is 8.93. The van der Waals surface area contributed by atoms with Crippen LogP contribution in [-0.2, 0) is 38.2 Å². The molecule has 6 amide bonds. The molecule has 2 aromatic heterocycles. The molecule has 4 aromatic rings. The number of para-hydroxylation sites is 4. The van der Waals surface area contributed by atoms with Crippen LogP contribution >= 0.6 is 11.6 Å². The number of aliphatic carboxylic acids is 2. The third-order valence-electron chi connectivity index (χ3n) is 17.1. The van der Waals surface area contributed by atoms with E-state index in [0.717, 1.165) is 60.6 Å². The molecule has 0 spiro atoms. The van der Waals surface area contributed by atoms with Gasteiger partial charge in [-0.2, -0.15) is 4.98 Å². The van der Waals surface area contributed by atoms with Crippen LogP contribution in [-0.4, -0.2) is 164 Å². The number of hydrogen-bond acceptors (Lipinski definition) is 14. The first-order valence-electron chi connectivity index (χ1n) is 31.9. The summed E-state index contributed by atoms with van der Waals surface area (Å²) in [4.78, 5) is 116. The first-order chi connectivity index (χ1) is 42.9. The molecular formula is C66H91ClN10O14. The average molecular weight is 1280 g/mol. The Hall–Kier alpha value is -7.73. The Morgan fingerprint density at radius 2 is 1.07 bits per heavy atom. The molecule has 4 fully saturated rings. The van der Waals surface area contributed by atoms with Gasteiger partial charge in [-0.05, 0) is 156 Å². The highest BCUT2D eigenvalue weighted by atomic mass is 35.5. The largest absolute Gasteiger partial charge is 0.479 e. The van der Waals surface area contributed by atoms with Gasteiger partial charge in [0.1, 0.15) is 52.6 Å². The smallest absolute Gasteiger partial charge is 0.408 e. The average Bonchev–Trinajstić information content (AvgIpc) is 1.60. The molecule has 6 heterocycles. The van der Waals surface area contributed by atoms with Crippen molar-refractivity contribution in [3.05, 3.63) is 78.1 Å². The van der Waals surface area contributed by atoms with Crippen LogP contribution in [0.15, 0.2) is 72.8 Å². The van der Waals surface area contributed by atoms with E-state index < -0.39 is 106 Å². The number of nitrogens with zero attached hydrogens (tertiary/aromatic N) is 6. The lowest BCUT2D eigenvalue weighted by Crippen LogP contribution is -2.56. The number of rotatable bonds is 8. The van der Waals surface area contributed by atoms with Gasteiger partial charge in [-0.1, -0.05) is 74.3 Å². The number of aliphatic hydroxyl groups is 1. The van der Waals surface area contributed by atoms with Gasteiger partial charge in [0.2, 0.25) is 28.9 Å². The molecule has 10 atom stereocenters. The molecule has 0 bridgehead atoms. The van der Waals surface area contributed by atoms with Crippen LogP contribution in [0.2, 0.25) is 5.28 Å². The maximum absolute atomic E-state index is 14.2. The second-order valence-corrected chi connectivity index (χ2v) is 27.6. The Balaban J connectivity index is 0.000000201. The zero-order valence-electron chi connectivity index (χ0n) is 53.9. The van der Waals surface area contributed by atoms with Crippen molar-refractivity contribution in [3.63, 3.8) is 0 Å². The number of amides is 6. The number of fused-ring (bicyclic) bond motifs is 6. The fourth-order valence-electron chi connectivity index (χ4n) is 12.4. The Bertz CT molecular complexity index is 3380. The van der Waals surface area contributed by atoms with Gasteiger partial charge in [0.15, 0.2) is 0 Å². The van der Waals surface area contributed by atoms with E-state index in [-0.39, 0.29) is 56.7 Å². The fourth-order valence-corrected chi connectivity index (χ4v) is 12.8. The number of nitrogens with one attached hydrogen (secondary N) is 4. The topological polar surface area (TPSA) is 315 Å². The number of alkyl carbamates (subject to hydrolysis) is 2. The van der Waals surface area contributed by atoms with Crippen LogP contribution in [0.5, 0.6) is 6.01 Å². The first-order valence-corrected chi connectivity index (χ1v) is 32.3. The summed E-state index contributed by atoms with van der Waals surface area (Å²) in [5.74, 6) is -4.93. The molecule has 2 aliphatic carbocycles. The summed E-state index contributed by atoms with van der Waals surface area (Å²) < 4.78 is 21.2. The van der Waals surface area contributed by atoms with Crippen molar-refractivity contribution in [2.45, 2.75) is 230 Å². The number of aliphatic hydroxyl groups excluding tert-OH is 1. The molecule has 91 heavy (non-hydrogen) atoms. The van der Waals surface area contributed by atoms with Crippen molar-refractivity contribution in [2.75, 3.05) is 13.1 Å². The Kier molecular flexibility index (Phi) is 21.9. The minimum atomic E-state index is -1.42. The maximum atomic E-state index is 14.2. The molecule has 0 radical (unpaired) electrons. The van der Waals surface area contributed by atoms with Crippen LogP contribution in [0.1, 0.15) is 171 Å². The van der Waals surface area contributed by atoms with E-state index in [0.29, 0.717) is 43.0 Å². The van der Waals surface area contributed by atoms with E-state index in [1.54, 1.807) is 41.5 Å². The van der Waals surface area contributed by atoms with Crippen molar-refractivity contribution in [1.82, 2.24) is 50.2 Å². The van der Waals surface area contributed by atoms with Gasteiger partial charge in [-0.15, -0.1) is 0 Å². The second kappa shape index (κ2) is 28.8. The molecule has 6 aliphatic rings. The van der Waals surface area contributed by atoms with Crippen molar-refractivity contribution < 1.29 is 67.9 Å². The van der Waals surface area contributed by atoms with Crippen molar-refractivity contribution in [3.8, 4) is 6.01 Å². The van der Waals surface area contributed by atoms with Crippen LogP contribution in [0.4, 0.5) is 9.59 Å². The number of hydrogen-bond donors (Lipinski definition) is 7. The van der Waals surface area contributed by atoms with Gasteiger partial charge in [-0.25, -0.2) is 24.2 Å². The van der Waals surface area contributed by atoms with E-state index >= 15 is 0 Å². The lowest BCUT2D eigenvalue weighted by atomic mass is 10.0. The Labute approximate surface area is 536 Å². The summed E-state index contributed by atoms with van der Waals surface area (Å²) in [5, 5.41) is 41.4. The predicted molar refractivity (Wildman–Crippen MR) is 340 cm³/mol. The van der Waals surface area contributed by atoms with Gasteiger partial charge in [-0.3, -0.25) is 23.7 Å². The van der Waals surface area contributed by atoms with Crippen molar-refractivity contribution in [2.24, 2.45) is 11.8 Å². The lowest BCUT2D eigenvalue weighted by molar-refractivity contribution is -0.146. The number of ether oxygens (including phenoxy) is 3. The van der Waals surface area contributed by atoms with E-state index in [1.165, 1.54) is 9.80 Å².